The maximum absolute atomic E-state index is 12.1. The van der Waals surface area contributed by atoms with Crippen LogP contribution in [0.1, 0.15) is 17.0 Å². The van der Waals surface area contributed by atoms with Gasteiger partial charge in [0.25, 0.3) is 11.6 Å². The van der Waals surface area contributed by atoms with Crippen LogP contribution in [0.3, 0.4) is 0 Å². The Morgan fingerprint density at radius 3 is 2.65 bits per heavy atom. The van der Waals surface area contributed by atoms with Crippen LogP contribution in [0.4, 0.5) is 5.69 Å². The molecule has 7 heteroatoms. The number of ether oxygens (including phenoxy) is 1. The van der Waals surface area contributed by atoms with Gasteiger partial charge in [-0.25, -0.2) is 0 Å². The molecular weight excluding hydrogens is 300 g/mol. The van der Waals surface area contributed by atoms with Crippen LogP contribution in [0.5, 0.6) is 11.5 Å². The van der Waals surface area contributed by atoms with E-state index in [1.165, 1.54) is 18.2 Å². The molecule has 0 saturated carbocycles. The highest BCUT2D eigenvalue weighted by atomic mass is 16.7. The first-order valence-electron chi connectivity index (χ1n) is 6.96. The lowest BCUT2D eigenvalue weighted by atomic mass is 9.89. The van der Waals surface area contributed by atoms with E-state index in [1.54, 1.807) is 19.2 Å². The van der Waals surface area contributed by atoms with E-state index < -0.39 is 10.8 Å². The van der Waals surface area contributed by atoms with Crippen molar-refractivity contribution in [2.75, 3.05) is 7.11 Å². The second-order valence-electron chi connectivity index (χ2n) is 5.15. The van der Waals surface area contributed by atoms with Gasteiger partial charge in [-0.3, -0.25) is 14.9 Å². The van der Waals surface area contributed by atoms with Gasteiger partial charge in [0.1, 0.15) is 5.75 Å². The third-order valence-corrected chi connectivity index (χ3v) is 3.76. The van der Waals surface area contributed by atoms with Gasteiger partial charge in [-0.05, 0) is 30.2 Å². The zero-order valence-corrected chi connectivity index (χ0v) is 12.3. The largest absolute Gasteiger partial charge is 0.497 e. The van der Waals surface area contributed by atoms with Crippen molar-refractivity contribution in [1.82, 2.24) is 5.48 Å². The number of nitrogens with one attached hydrogen (secondary N) is 1. The SMILES string of the molecule is COc1ccc(CC2C(=O)NOc3ccc([N+](=O)[O-])cc32)cc1. The van der Waals surface area contributed by atoms with Gasteiger partial charge < -0.3 is 9.57 Å². The number of nitro benzene ring substituents is 1. The van der Waals surface area contributed by atoms with Crippen molar-refractivity contribution in [1.29, 1.82) is 0 Å². The first kappa shape index (κ1) is 14.8. The fraction of sp³-hybridized carbons (Fsp3) is 0.188. The Balaban J connectivity index is 1.93. The van der Waals surface area contributed by atoms with Crippen LogP contribution < -0.4 is 15.1 Å². The van der Waals surface area contributed by atoms with Gasteiger partial charge in [0, 0.05) is 17.7 Å². The van der Waals surface area contributed by atoms with Crippen LogP contribution >= 0.6 is 0 Å². The lowest BCUT2D eigenvalue weighted by Gasteiger charge is -2.24. The quantitative estimate of drug-likeness (QED) is 0.691. The van der Waals surface area contributed by atoms with Gasteiger partial charge in [-0.2, -0.15) is 5.48 Å². The number of carbonyl (C=O) groups excluding carboxylic acids is 1. The monoisotopic (exact) mass is 314 g/mol. The lowest BCUT2D eigenvalue weighted by molar-refractivity contribution is -0.385. The summed E-state index contributed by atoms with van der Waals surface area (Å²) in [6.07, 6.45) is 0.410. The Hall–Kier alpha value is -3.09. The van der Waals surface area contributed by atoms with E-state index in [1.807, 2.05) is 12.1 Å². The Bertz CT molecular complexity index is 758. The van der Waals surface area contributed by atoms with E-state index in [0.717, 1.165) is 11.3 Å². The number of methoxy groups -OCH3 is 1. The summed E-state index contributed by atoms with van der Waals surface area (Å²) in [7, 11) is 1.58. The third kappa shape index (κ3) is 2.94. The molecule has 7 nitrogen and oxygen atoms in total. The molecule has 3 rings (SSSR count). The minimum Gasteiger partial charge on any atom is -0.497 e. The normalized spacial score (nSPS) is 16.0. The molecule has 0 radical (unpaired) electrons. The molecule has 0 fully saturated rings. The first-order chi connectivity index (χ1) is 11.1. The minimum absolute atomic E-state index is 0.0678. The van der Waals surface area contributed by atoms with E-state index in [2.05, 4.69) is 5.48 Å². The van der Waals surface area contributed by atoms with Crippen LogP contribution in [0.2, 0.25) is 0 Å². The summed E-state index contributed by atoms with van der Waals surface area (Å²) in [5, 5.41) is 11.0. The molecule has 1 heterocycles. The number of hydrogen-bond donors (Lipinski definition) is 1. The molecule has 0 aromatic heterocycles. The second-order valence-corrected chi connectivity index (χ2v) is 5.15. The van der Waals surface area contributed by atoms with E-state index in [4.69, 9.17) is 9.57 Å². The van der Waals surface area contributed by atoms with Crippen molar-refractivity contribution < 1.29 is 19.3 Å². The summed E-state index contributed by atoms with van der Waals surface area (Å²) in [6.45, 7) is 0. The summed E-state index contributed by atoms with van der Waals surface area (Å²) in [4.78, 5) is 27.7. The molecule has 0 saturated heterocycles. The second kappa shape index (κ2) is 5.96. The number of carbonyl (C=O) groups is 1. The van der Waals surface area contributed by atoms with E-state index in [0.29, 0.717) is 17.7 Å². The van der Waals surface area contributed by atoms with Crippen molar-refractivity contribution in [3.8, 4) is 11.5 Å². The zero-order valence-electron chi connectivity index (χ0n) is 12.3. The van der Waals surface area contributed by atoms with Gasteiger partial charge in [0.2, 0.25) is 0 Å². The number of non-ortho nitro benzene ring substituents is 1. The summed E-state index contributed by atoms with van der Waals surface area (Å²) in [5.74, 6) is 0.274. The maximum atomic E-state index is 12.1. The lowest BCUT2D eigenvalue weighted by Crippen LogP contribution is -2.37. The Kier molecular flexibility index (Phi) is 3.84. The predicted molar refractivity (Wildman–Crippen MR) is 81.3 cm³/mol. The van der Waals surface area contributed by atoms with Crippen LogP contribution in [-0.2, 0) is 11.2 Å². The molecular formula is C16H14N2O5. The summed E-state index contributed by atoms with van der Waals surface area (Å²) in [6, 6.07) is 11.6. The Labute approximate surface area is 131 Å². The topological polar surface area (TPSA) is 90.7 Å². The highest BCUT2D eigenvalue weighted by molar-refractivity contribution is 5.85. The van der Waals surface area contributed by atoms with E-state index >= 15 is 0 Å². The van der Waals surface area contributed by atoms with Crippen molar-refractivity contribution in [3.63, 3.8) is 0 Å². The molecule has 118 valence electrons. The molecule has 1 aliphatic heterocycles. The molecule has 1 atom stereocenters. The molecule has 2 aromatic carbocycles. The van der Waals surface area contributed by atoms with Crippen molar-refractivity contribution in [2.24, 2.45) is 0 Å². The fourth-order valence-corrected chi connectivity index (χ4v) is 2.53. The summed E-state index contributed by atoms with van der Waals surface area (Å²) < 4.78 is 5.10. The van der Waals surface area contributed by atoms with E-state index in [-0.39, 0.29) is 11.6 Å². The van der Waals surface area contributed by atoms with Gasteiger partial charge in [0.05, 0.1) is 18.0 Å². The number of benzene rings is 2. The molecule has 23 heavy (non-hydrogen) atoms. The highest BCUT2D eigenvalue weighted by Crippen LogP contribution is 2.35. The highest BCUT2D eigenvalue weighted by Gasteiger charge is 2.31. The van der Waals surface area contributed by atoms with Gasteiger partial charge in [-0.15, -0.1) is 0 Å². The number of nitro groups is 1. The first-order valence-corrected chi connectivity index (χ1v) is 6.96. The maximum Gasteiger partial charge on any atom is 0.270 e. The van der Waals surface area contributed by atoms with Gasteiger partial charge >= 0.3 is 0 Å². The molecule has 0 bridgehead atoms. The molecule has 2 aromatic rings. The van der Waals surface area contributed by atoms with Crippen molar-refractivity contribution in [3.05, 3.63) is 63.7 Å². The van der Waals surface area contributed by atoms with Crippen LogP contribution in [0.15, 0.2) is 42.5 Å². The molecule has 0 aliphatic carbocycles. The molecule has 0 spiro atoms. The molecule has 1 amide bonds. The van der Waals surface area contributed by atoms with Crippen LogP contribution in [0.25, 0.3) is 0 Å². The standard InChI is InChI=1S/C16H14N2O5/c1-22-12-5-2-10(3-6-12)8-14-13-9-11(18(20)21)4-7-15(13)23-17-16(14)19/h2-7,9,14H,8H2,1H3,(H,17,19). The number of hydroxylamine groups is 1. The number of rotatable bonds is 4. The third-order valence-electron chi connectivity index (χ3n) is 3.76. The Morgan fingerprint density at radius 2 is 2.00 bits per heavy atom. The molecule has 1 N–H and O–H groups in total. The number of amides is 1. The average Bonchev–Trinajstić information content (AvgIpc) is 2.57. The number of fused-ring (bicyclic) bond motifs is 1. The van der Waals surface area contributed by atoms with Crippen LogP contribution in [0, 0.1) is 10.1 Å². The Morgan fingerprint density at radius 1 is 1.26 bits per heavy atom. The minimum atomic E-state index is -0.549. The van der Waals surface area contributed by atoms with Gasteiger partial charge in [0.15, 0.2) is 5.75 Å². The van der Waals surface area contributed by atoms with Crippen LogP contribution in [-0.4, -0.2) is 17.9 Å². The zero-order chi connectivity index (χ0) is 16.4. The van der Waals surface area contributed by atoms with E-state index in [9.17, 15) is 14.9 Å². The molecule has 1 unspecified atom stereocenters. The average molecular weight is 314 g/mol. The summed E-state index contributed by atoms with van der Waals surface area (Å²) >= 11 is 0. The summed E-state index contributed by atoms with van der Waals surface area (Å²) in [5.41, 5.74) is 3.71. The smallest absolute Gasteiger partial charge is 0.270 e. The molecule has 1 aliphatic rings. The van der Waals surface area contributed by atoms with Crippen molar-refractivity contribution >= 4 is 11.6 Å². The predicted octanol–water partition coefficient (Wildman–Crippen LogP) is 2.35. The number of nitrogens with zero attached hydrogens (tertiary/aromatic N) is 1. The van der Waals surface area contributed by atoms with Crippen molar-refractivity contribution in [2.45, 2.75) is 12.3 Å². The van der Waals surface area contributed by atoms with Gasteiger partial charge in [-0.1, -0.05) is 12.1 Å². The fourth-order valence-electron chi connectivity index (χ4n) is 2.53. The number of hydrogen-bond acceptors (Lipinski definition) is 5.